The lowest BCUT2D eigenvalue weighted by Crippen LogP contribution is -2.49. The molecule has 0 saturated heterocycles. The van der Waals surface area contributed by atoms with Crippen LogP contribution in [0, 0.1) is 0 Å². The molecule has 0 radical (unpaired) electrons. The van der Waals surface area contributed by atoms with Gasteiger partial charge in [-0.05, 0) is 36.8 Å². The van der Waals surface area contributed by atoms with Crippen molar-refractivity contribution >= 4 is 46.2 Å². The fourth-order valence-corrected chi connectivity index (χ4v) is 3.45. The van der Waals surface area contributed by atoms with Gasteiger partial charge in [0, 0.05) is 43.5 Å². The number of amides is 1. The van der Waals surface area contributed by atoms with Crippen LogP contribution >= 0.6 is 23.8 Å². The van der Waals surface area contributed by atoms with Crippen molar-refractivity contribution < 1.29 is 9.53 Å². The van der Waals surface area contributed by atoms with Crippen molar-refractivity contribution in [1.29, 1.82) is 0 Å². The van der Waals surface area contributed by atoms with E-state index in [4.69, 9.17) is 33.5 Å². The van der Waals surface area contributed by atoms with Crippen molar-refractivity contribution in [2.75, 3.05) is 32.2 Å². The molecule has 0 saturated carbocycles. The van der Waals surface area contributed by atoms with E-state index >= 15 is 0 Å². The molecule has 1 aliphatic rings. The first kappa shape index (κ1) is 21.2. The molecule has 29 heavy (non-hydrogen) atoms. The van der Waals surface area contributed by atoms with Gasteiger partial charge in [0.15, 0.2) is 5.11 Å². The molecular formula is C21H23ClN4O2S. The van der Waals surface area contributed by atoms with Crippen LogP contribution in [0.5, 0.6) is 0 Å². The Hall–Kier alpha value is -2.48. The third-order valence-corrected chi connectivity index (χ3v) is 5.02. The number of benzodiazepines with no additional fused rings is 1. The Morgan fingerprint density at radius 1 is 1.28 bits per heavy atom. The summed E-state index contributed by atoms with van der Waals surface area (Å²) in [7, 11) is 3.38. The van der Waals surface area contributed by atoms with Gasteiger partial charge < -0.3 is 20.3 Å². The first-order valence-electron chi connectivity index (χ1n) is 9.25. The molecule has 0 fully saturated rings. The minimum absolute atomic E-state index is 0.208. The number of hydrogen-bond acceptors (Lipinski definition) is 4. The maximum atomic E-state index is 13.1. The number of rotatable bonds is 6. The van der Waals surface area contributed by atoms with Crippen molar-refractivity contribution in [1.82, 2.24) is 10.6 Å². The SMILES string of the molecule is COCCCNC(=S)NC1N=C(c2ccccc2)c2cc(Cl)ccc2N(C)C1=O. The number of carbonyl (C=O) groups is 1. The lowest BCUT2D eigenvalue weighted by Gasteiger charge is -2.22. The number of nitrogens with zero attached hydrogens (tertiary/aromatic N) is 2. The van der Waals surface area contributed by atoms with E-state index in [1.165, 1.54) is 0 Å². The summed E-state index contributed by atoms with van der Waals surface area (Å²) in [6.07, 6.45) is -0.0527. The number of thiocarbonyl (C=S) groups is 1. The Labute approximate surface area is 180 Å². The molecule has 1 aliphatic heterocycles. The molecule has 1 atom stereocenters. The largest absolute Gasteiger partial charge is 0.385 e. The zero-order chi connectivity index (χ0) is 20.8. The number of halogens is 1. The minimum Gasteiger partial charge on any atom is -0.385 e. The molecule has 3 rings (SSSR count). The number of hydrogen-bond donors (Lipinski definition) is 2. The highest BCUT2D eigenvalue weighted by atomic mass is 35.5. The Balaban J connectivity index is 1.95. The number of benzene rings is 2. The highest BCUT2D eigenvalue weighted by Crippen LogP contribution is 2.29. The molecule has 0 spiro atoms. The number of likely N-dealkylation sites (N-methyl/N-ethyl adjacent to an activating group) is 1. The number of carbonyl (C=O) groups excluding carboxylic acids is 1. The molecule has 2 N–H and O–H groups in total. The molecule has 2 aromatic carbocycles. The van der Waals surface area contributed by atoms with Gasteiger partial charge in [0.25, 0.3) is 5.91 Å². The quantitative estimate of drug-likeness (QED) is 0.544. The Morgan fingerprint density at radius 2 is 2.03 bits per heavy atom. The smallest absolute Gasteiger partial charge is 0.272 e. The van der Waals surface area contributed by atoms with E-state index in [2.05, 4.69) is 10.6 Å². The molecule has 0 bridgehead atoms. The maximum absolute atomic E-state index is 13.1. The number of ether oxygens (including phenoxy) is 1. The third kappa shape index (κ3) is 5.12. The summed E-state index contributed by atoms with van der Waals surface area (Å²) in [6.45, 7) is 1.27. The van der Waals surface area contributed by atoms with Crippen LogP contribution in [0.3, 0.4) is 0 Å². The highest BCUT2D eigenvalue weighted by molar-refractivity contribution is 7.80. The molecule has 152 valence electrons. The number of methoxy groups -OCH3 is 1. The first-order valence-corrected chi connectivity index (χ1v) is 10.0. The van der Waals surface area contributed by atoms with Crippen LogP contribution in [0.4, 0.5) is 5.69 Å². The average molecular weight is 431 g/mol. The van der Waals surface area contributed by atoms with Gasteiger partial charge in [-0.15, -0.1) is 0 Å². The van der Waals surface area contributed by atoms with Gasteiger partial charge in [0.1, 0.15) is 0 Å². The fraction of sp³-hybridized carbons (Fsp3) is 0.286. The Bertz CT molecular complexity index is 920. The lowest BCUT2D eigenvalue weighted by atomic mass is 10.0. The van der Waals surface area contributed by atoms with E-state index in [1.807, 2.05) is 42.5 Å². The number of anilines is 1. The van der Waals surface area contributed by atoms with E-state index in [0.717, 1.165) is 23.2 Å². The number of aliphatic imine (C=N–C) groups is 1. The maximum Gasteiger partial charge on any atom is 0.272 e. The van der Waals surface area contributed by atoms with Gasteiger partial charge in [0.05, 0.1) is 11.4 Å². The average Bonchev–Trinajstić information content (AvgIpc) is 2.82. The number of nitrogens with one attached hydrogen (secondary N) is 2. The molecule has 1 amide bonds. The molecule has 0 aromatic heterocycles. The van der Waals surface area contributed by atoms with Crippen LogP contribution < -0.4 is 15.5 Å². The summed E-state index contributed by atoms with van der Waals surface area (Å²) in [5.74, 6) is -0.208. The summed E-state index contributed by atoms with van der Waals surface area (Å²) >= 11 is 11.6. The second-order valence-electron chi connectivity index (χ2n) is 6.55. The van der Waals surface area contributed by atoms with Crippen LogP contribution in [-0.4, -0.2) is 50.2 Å². The van der Waals surface area contributed by atoms with Gasteiger partial charge in [-0.2, -0.15) is 0 Å². The third-order valence-electron chi connectivity index (χ3n) is 4.52. The zero-order valence-corrected chi connectivity index (χ0v) is 17.9. The standard InChI is InChI=1S/C21H23ClN4O2S/c1-26-17-10-9-15(22)13-16(17)18(14-7-4-3-5-8-14)24-19(20(26)27)25-21(29)23-11-6-12-28-2/h3-5,7-10,13,19H,6,11-12H2,1-2H3,(H2,23,25,29). The van der Waals surface area contributed by atoms with Crippen molar-refractivity contribution in [3.8, 4) is 0 Å². The van der Waals surface area contributed by atoms with E-state index in [9.17, 15) is 4.79 Å². The lowest BCUT2D eigenvalue weighted by molar-refractivity contribution is -0.119. The van der Waals surface area contributed by atoms with Crippen LogP contribution in [0.15, 0.2) is 53.5 Å². The van der Waals surface area contributed by atoms with Crippen molar-refractivity contribution in [2.45, 2.75) is 12.6 Å². The molecule has 1 unspecified atom stereocenters. The normalized spacial score (nSPS) is 16.0. The molecule has 8 heteroatoms. The highest BCUT2D eigenvalue weighted by Gasteiger charge is 2.30. The van der Waals surface area contributed by atoms with Crippen LogP contribution in [0.2, 0.25) is 5.02 Å². The van der Waals surface area contributed by atoms with E-state index < -0.39 is 6.17 Å². The Kier molecular flexibility index (Phi) is 7.19. The summed E-state index contributed by atoms with van der Waals surface area (Å²) in [5, 5.41) is 7.06. The monoisotopic (exact) mass is 430 g/mol. The van der Waals surface area contributed by atoms with Gasteiger partial charge in [-0.25, -0.2) is 4.99 Å². The van der Waals surface area contributed by atoms with E-state index in [1.54, 1.807) is 25.1 Å². The molecule has 2 aromatic rings. The predicted octanol–water partition coefficient (Wildman–Crippen LogP) is 2.98. The molecule has 6 nitrogen and oxygen atoms in total. The Morgan fingerprint density at radius 3 is 2.76 bits per heavy atom. The van der Waals surface area contributed by atoms with Crippen molar-refractivity contribution in [3.05, 3.63) is 64.7 Å². The van der Waals surface area contributed by atoms with Crippen molar-refractivity contribution in [2.24, 2.45) is 4.99 Å². The topological polar surface area (TPSA) is 66.0 Å². The minimum atomic E-state index is -0.858. The second-order valence-corrected chi connectivity index (χ2v) is 7.40. The molecule has 1 heterocycles. The van der Waals surface area contributed by atoms with Gasteiger partial charge in [0.2, 0.25) is 6.17 Å². The predicted molar refractivity (Wildman–Crippen MR) is 121 cm³/mol. The van der Waals surface area contributed by atoms with Gasteiger partial charge in [-0.1, -0.05) is 41.9 Å². The second kappa shape index (κ2) is 9.82. The van der Waals surface area contributed by atoms with E-state index in [0.29, 0.717) is 29.0 Å². The van der Waals surface area contributed by atoms with Crippen LogP contribution in [0.1, 0.15) is 17.5 Å². The van der Waals surface area contributed by atoms with Crippen molar-refractivity contribution in [3.63, 3.8) is 0 Å². The number of fused-ring (bicyclic) bond motifs is 1. The zero-order valence-electron chi connectivity index (χ0n) is 16.3. The fourth-order valence-electron chi connectivity index (χ4n) is 3.06. The summed E-state index contributed by atoms with van der Waals surface area (Å²) in [5.41, 5.74) is 3.11. The van der Waals surface area contributed by atoms with Gasteiger partial charge in [-0.3, -0.25) is 4.79 Å². The van der Waals surface area contributed by atoms with Crippen LogP contribution in [0.25, 0.3) is 0 Å². The molecular weight excluding hydrogens is 408 g/mol. The van der Waals surface area contributed by atoms with E-state index in [-0.39, 0.29) is 5.91 Å². The van der Waals surface area contributed by atoms with Crippen LogP contribution in [-0.2, 0) is 9.53 Å². The first-order chi connectivity index (χ1) is 14.0. The molecule has 0 aliphatic carbocycles. The van der Waals surface area contributed by atoms with Gasteiger partial charge >= 0.3 is 0 Å². The summed E-state index contributed by atoms with van der Waals surface area (Å²) in [6, 6.07) is 15.1. The summed E-state index contributed by atoms with van der Waals surface area (Å²) < 4.78 is 5.03. The summed E-state index contributed by atoms with van der Waals surface area (Å²) in [4.78, 5) is 19.4.